The van der Waals surface area contributed by atoms with Crippen molar-refractivity contribution >= 4 is 35.6 Å². The van der Waals surface area contributed by atoms with Crippen LogP contribution in [0.2, 0.25) is 0 Å². The van der Waals surface area contributed by atoms with E-state index in [4.69, 9.17) is 0 Å². The molecule has 104 valence electrons. The van der Waals surface area contributed by atoms with E-state index in [1.54, 1.807) is 0 Å². The van der Waals surface area contributed by atoms with Gasteiger partial charge in [-0.05, 0) is 6.42 Å². The van der Waals surface area contributed by atoms with Crippen LogP contribution in [0.15, 0.2) is 67.3 Å². The van der Waals surface area contributed by atoms with Gasteiger partial charge in [0.1, 0.15) is 0 Å². The van der Waals surface area contributed by atoms with Gasteiger partial charge in [0.15, 0.2) is 0 Å². The molecule has 1 aliphatic rings. The first kappa shape index (κ1) is 21.6. The Hall–Kier alpha value is -0.656. The van der Waals surface area contributed by atoms with E-state index in [9.17, 15) is 0 Å². The number of hydrogen-bond donors (Lipinski definition) is 0. The number of hydrogen-bond acceptors (Lipinski definition) is 0. The minimum Gasteiger partial charge on any atom is -0.273 e. The van der Waals surface area contributed by atoms with Crippen molar-refractivity contribution in [2.45, 2.75) is 12.8 Å². The molecule has 0 radical (unpaired) electrons. The Kier molecular flexibility index (Phi) is 13.1. The van der Waals surface area contributed by atoms with Gasteiger partial charge < -0.3 is 0 Å². The van der Waals surface area contributed by atoms with Crippen LogP contribution in [0.3, 0.4) is 0 Å². The molecule has 20 heavy (non-hydrogen) atoms. The summed E-state index contributed by atoms with van der Waals surface area (Å²) in [4.78, 5) is 0. The molecule has 0 bridgehead atoms. The Morgan fingerprint density at radius 3 is 2.50 bits per heavy atom. The van der Waals surface area contributed by atoms with E-state index in [0.29, 0.717) is 0 Å². The summed E-state index contributed by atoms with van der Waals surface area (Å²) in [5, 5.41) is 2.69. The average molecular weight is 341 g/mol. The summed E-state index contributed by atoms with van der Waals surface area (Å²) in [5.74, 6) is 0. The smallest absolute Gasteiger partial charge is 0.273 e. The van der Waals surface area contributed by atoms with Gasteiger partial charge in [-0.1, -0.05) is 12.1 Å². The minimum atomic E-state index is 0. The maximum atomic E-state index is 3.74. The standard InChI is InChI=1S/C12H11.C5H5.2ClH.Ti/c1-2-5-10-8-9-11-6-3-4-7-12(10)11;1-2-4-5-3-1;;;/h2-4,6-9H,1,5H2;1-3H,4H2;2*1H;/q2*-1;;;+2. The third kappa shape index (κ3) is 6.20. The summed E-state index contributed by atoms with van der Waals surface area (Å²) in [6.45, 7) is 3.74. The molecule has 3 rings (SSSR count). The van der Waals surface area contributed by atoms with Crippen molar-refractivity contribution in [3.63, 3.8) is 0 Å². The second kappa shape index (κ2) is 12.1. The summed E-state index contributed by atoms with van der Waals surface area (Å²) < 4.78 is 0. The monoisotopic (exact) mass is 340 g/mol. The first-order valence-corrected chi connectivity index (χ1v) is 5.88. The molecule has 0 amide bonds. The molecule has 0 N–H and O–H groups in total. The molecule has 0 saturated heterocycles. The predicted octanol–water partition coefficient (Wildman–Crippen LogP) is 5.43. The molecule has 0 fully saturated rings. The van der Waals surface area contributed by atoms with E-state index in [0.717, 1.165) is 12.8 Å². The number of fused-ring (bicyclic) bond motifs is 1. The van der Waals surface area contributed by atoms with Gasteiger partial charge in [-0.25, -0.2) is 12.2 Å². The Labute approximate surface area is 148 Å². The van der Waals surface area contributed by atoms with Crippen LogP contribution in [0, 0.1) is 6.08 Å². The Morgan fingerprint density at radius 2 is 1.95 bits per heavy atom. The van der Waals surface area contributed by atoms with Gasteiger partial charge >= 0.3 is 21.7 Å². The molecule has 0 heterocycles. The summed E-state index contributed by atoms with van der Waals surface area (Å²) in [5.41, 5.74) is 1.38. The van der Waals surface area contributed by atoms with Crippen molar-refractivity contribution in [1.29, 1.82) is 0 Å². The van der Waals surface area contributed by atoms with E-state index >= 15 is 0 Å². The fraction of sp³-hybridized carbons (Fsp3) is 0.118. The summed E-state index contributed by atoms with van der Waals surface area (Å²) >= 11 is 0. The molecule has 0 aliphatic heterocycles. The van der Waals surface area contributed by atoms with Gasteiger partial charge in [0, 0.05) is 0 Å². The van der Waals surface area contributed by atoms with Gasteiger partial charge in [-0.3, -0.25) is 6.08 Å². The van der Waals surface area contributed by atoms with Crippen molar-refractivity contribution in [3.8, 4) is 0 Å². The first-order valence-electron chi connectivity index (χ1n) is 5.88. The Balaban J connectivity index is 0. The van der Waals surface area contributed by atoms with Gasteiger partial charge in [0.2, 0.25) is 0 Å². The molecule has 1 aliphatic carbocycles. The van der Waals surface area contributed by atoms with Crippen LogP contribution in [0.5, 0.6) is 0 Å². The normalized spacial score (nSPS) is 10.6. The topological polar surface area (TPSA) is 0 Å². The van der Waals surface area contributed by atoms with E-state index < -0.39 is 0 Å². The van der Waals surface area contributed by atoms with E-state index in [1.165, 1.54) is 16.3 Å². The first-order chi connectivity index (χ1) is 8.42. The molecule has 2 aromatic carbocycles. The van der Waals surface area contributed by atoms with Crippen molar-refractivity contribution < 1.29 is 21.7 Å². The van der Waals surface area contributed by atoms with Crippen LogP contribution in [-0.2, 0) is 28.1 Å². The van der Waals surface area contributed by atoms with Gasteiger partial charge in [0.25, 0.3) is 0 Å². The molecule has 3 heteroatoms. The maximum absolute atomic E-state index is 3.74. The fourth-order valence-corrected chi connectivity index (χ4v) is 1.89. The summed E-state index contributed by atoms with van der Waals surface area (Å²) in [6, 6.07) is 12.8. The van der Waals surface area contributed by atoms with Crippen LogP contribution < -0.4 is 0 Å². The minimum absolute atomic E-state index is 0. The molecule has 0 spiro atoms. The van der Waals surface area contributed by atoms with Crippen LogP contribution in [-0.4, -0.2) is 0 Å². The SMILES string of the molecule is C=CC[c-]1ccc2ccccc21.Cl.Cl.[C-]1=CC=CC1.[Ti+2]. The quantitative estimate of drug-likeness (QED) is 0.388. The largest absolute Gasteiger partial charge is 2.00 e. The molecule has 0 unspecified atom stereocenters. The second-order valence-corrected chi connectivity index (χ2v) is 3.94. The van der Waals surface area contributed by atoms with Crippen molar-refractivity contribution in [2.75, 3.05) is 0 Å². The molecule has 2 aromatic rings. The van der Waals surface area contributed by atoms with Crippen LogP contribution >= 0.6 is 24.8 Å². The van der Waals surface area contributed by atoms with Gasteiger partial charge in [-0.15, -0.1) is 78.4 Å². The zero-order chi connectivity index (χ0) is 11.9. The molecule has 0 atom stereocenters. The van der Waals surface area contributed by atoms with E-state index in [1.807, 2.05) is 18.2 Å². The second-order valence-electron chi connectivity index (χ2n) is 3.94. The number of benzene rings is 1. The van der Waals surface area contributed by atoms with Crippen molar-refractivity contribution in [3.05, 3.63) is 78.9 Å². The third-order valence-electron chi connectivity index (χ3n) is 2.72. The number of halogens is 2. The Bertz CT molecular complexity index is 543. The predicted molar refractivity (Wildman–Crippen MR) is 89.5 cm³/mol. The zero-order valence-electron chi connectivity index (χ0n) is 11.2. The van der Waals surface area contributed by atoms with Gasteiger partial charge in [0.05, 0.1) is 0 Å². The third-order valence-corrected chi connectivity index (χ3v) is 2.72. The van der Waals surface area contributed by atoms with Crippen molar-refractivity contribution in [1.82, 2.24) is 0 Å². The summed E-state index contributed by atoms with van der Waals surface area (Å²) in [7, 11) is 0. The van der Waals surface area contributed by atoms with Crippen molar-refractivity contribution in [2.24, 2.45) is 0 Å². The average Bonchev–Trinajstić information content (AvgIpc) is 3.02. The molecule has 0 saturated carbocycles. The molecular weight excluding hydrogens is 323 g/mol. The zero-order valence-corrected chi connectivity index (χ0v) is 14.4. The Morgan fingerprint density at radius 1 is 1.20 bits per heavy atom. The maximum Gasteiger partial charge on any atom is 2.00 e. The molecule has 0 nitrogen and oxygen atoms in total. The number of rotatable bonds is 2. The van der Waals surface area contributed by atoms with Crippen LogP contribution in [0.1, 0.15) is 12.0 Å². The molecular formula is C17H18Cl2Ti. The fourth-order valence-electron chi connectivity index (χ4n) is 1.89. The van der Waals surface area contributed by atoms with Gasteiger partial charge in [-0.2, -0.15) is 12.1 Å². The molecule has 0 aromatic heterocycles. The summed E-state index contributed by atoms with van der Waals surface area (Å²) in [6.07, 6.45) is 12.9. The van der Waals surface area contributed by atoms with Crippen LogP contribution in [0.25, 0.3) is 10.8 Å². The van der Waals surface area contributed by atoms with Crippen LogP contribution in [0.4, 0.5) is 0 Å². The number of allylic oxidation sites excluding steroid dienone is 5. The van der Waals surface area contributed by atoms with E-state index in [-0.39, 0.29) is 46.5 Å². The van der Waals surface area contributed by atoms with E-state index in [2.05, 4.69) is 55.1 Å².